The molecule has 8 nitrogen and oxygen atoms in total. The third kappa shape index (κ3) is 3.73. The Morgan fingerprint density at radius 1 is 1.19 bits per heavy atom. The standard InChI is InChI=1S/C24H20ClF3N6O2/c1-32-11-13(10-29-32)18-12-33(6-7-36-18)19-9-16-21(20(30-19)15-3-2-14(25)8-17(15)26)31-23-24(27,28)4-5-34(23)22(16)35/h2-3,8-11,18H,4-7,12H2,1H3. The van der Waals surface area contributed by atoms with E-state index in [4.69, 9.17) is 16.3 Å². The number of alkyl halides is 2. The Bertz CT molecular complexity index is 1570. The highest BCUT2D eigenvalue weighted by Crippen LogP contribution is 2.38. The van der Waals surface area contributed by atoms with Crippen molar-refractivity contribution in [2.24, 2.45) is 7.05 Å². The number of benzene rings is 1. The van der Waals surface area contributed by atoms with Crippen molar-refractivity contribution in [2.45, 2.75) is 25.0 Å². The number of anilines is 1. The van der Waals surface area contributed by atoms with Gasteiger partial charge in [0, 0.05) is 55.4 Å². The number of hydrogen-bond acceptors (Lipinski definition) is 6. The lowest BCUT2D eigenvalue weighted by molar-refractivity contribution is -0.00628. The Labute approximate surface area is 207 Å². The summed E-state index contributed by atoms with van der Waals surface area (Å²) in [7, 11) is 1.81. The molecule has 12 heteroatoms. The molecule has 0 radical (unpaired) electrons. The second-order valence-electron chi connectivity index (χ2n) is 8.95. The van der Waals surface area contributed by atoms with Crippen LogP contribution in [-0.2, 0) is 24.3 Å². The van der Waals surface area contributed by atoms with Crippen LogP contribution in [0.25, 0.3) is 22.2 Å². The summed E-state index contributed by atoms with van der Waals surface area (Å²) in [6, 6.07) is 5.53. The minimum Gasteiger partial charge on any atom is -0.370 e. The first-order valence-corrected chi connectivity index (χ1v) is 11.7. The highest BCUT2D eigenvalue weighted by Gasteiger charge is 2.43. The van der Waals surface area contributed by atoms with Gasteiger partial charge in [-0.25, -0.2) is 14.4 Å². The van der Waals surface area contributed by atoms with Gasteiger partial charge < -0.3 is 9.64 Å². The first kappa shape index (κ1) is 23.0. The van der Waals surface area contributed by atoms with Crippen LogP contribution in [0.2, 0.25) is 5.02 Å². The lowest BCUT2D eigenvalue weighted by atomic mass is 10.1. The topological polar surface area (TPSA) is 78.1 Å². The normalized spacial score (nSPS) is 19.1. The fraction of sp³-hybridized carbons (Fsp3) is 0.333. The van der Waals surface area contributed by atoms with Gasteiger partial charge in [-0.3, -0.25) is 14.0 Å². The first-order chi connectivity index (χ1) is 17.2. The second kappa shape index (κ2) is 8.31. The van der Waals surface area contributed by atoms with E-state index in [9.17, 15) is 13.6 Å². The molecule has 4 aromatic rings. The number of ether oxygens (including phenoxy) is 1. The summed E-state index contributed by atoms with van der Waals surface area (Å²) in [5, 5.41) is 4.46. The Balaban J connectivity index is 1.54. The highest BCUT2D eigenvalue weighted by molar-refractivity contribution is 6.30. The molecular weight excluding hydrogens is 497 g/mol. The van der Waals surface area contributed by atoms with Crippen LogP contribution < -0.4 is 10.5 Å². The van der Waals surface area contributed by atoms with Crippen LogP contribution in [0.15, 0.2) is 41.5 Å². The van der Waals surface area contributed by atoms with Crippen LogP contribution >= 0.6 is 11.6 Å². The van der Waals surface area contributed by atoms with Gasteiger partial charge in [0.1, 0.15) is 28.9 Å². The summed E-state index contributed by atoms with van der Waals surface area (Å²) >= 11 is 5.93. The molecule has 1 atom stereocenters. The second-order valence-corrected chi connectivity index (χ2v) is 9.39. The fourth-order valence-corrected chi connectivity index (χ4v) is 4.92. The number of rotatable bonds is 3. The summed E-state index contributed by atoms with van der Waals surface area (Å²) in [5.74, 6) is -4.19. The van der Waals surface area contributed by atoms with Crippen molar-refractivity contribution >= 4 is 28.3 Å². The van der Waals surface area contributed by atoms with E-state index >= 15 is 4.39 Å². The zero-order valence-electron chi connectivity index (χ0n) is 19.1. The zero-order valence-corrected chi connectivity index (χ0v) is 19.8. The van der Waals surface area contributed by atoms with E-state index in [0.717, 1.165) is 16.2 Å². The lowest BCUT2D eigenvalue weighted by Crippen LogP contribution is -2.39. The third-order valence-electron chi connectivity index (χ3n) is 6.58. The van der Waals surface area contributed by atoms with Crippen molar-refractivity contribution in [3.8, 4) is 11.3 Å². The van der Waals surface area contributed by atoms with Gasteiger partial charge in [-0.15, -0.1) is 0 Å². The van der Waals surface area contributed by atoms with Crippen LogP contribution in [0.3, 0.4) is 0 Å². The molecule has 1 fully saturated rings. The molecule has 1 saturated heterocycles. The van der Waals surface area contributed by atoms with Crippen molar-refractivity contribution in [1.82, 2.24) is 24.3 Å². The van der Waals surface area contributed by atoms with E-state index in [1.807, 2.05) is 18.1 Å². The molecule has 36 heavy (non-hydrogen) atoms. The highest BCUT2D eigenvalue weighted by atomic mass is 35.5. The van der Waals surface area contributed by atoms with Crippen LogP contribution in [0, 0.1) is 5.82 Å². The van der Waals surface area contributed by atoms with Gasteiger partial charge in [0.25, 0.3) is 5.56 Å². The number of fused-ring (bicyclic) bond motifs is 2. The van der Waals surface area contributed by atoms with E-state index in [0.29, 0.717) is 25.5 Å². The van der Waals surface area contributed by atoms with Crippen molar-refractivity contribution in [2.75, 3.05) is 24.6 Å². The number of nitrogens with zero attached hydrogens (tertiary/aromatic N) is 6. The maximum atomic E-state index is 15.0. The summed E-state index contributed by atoms with van der Waals surface area (Å²) in [5.41, 5.74) is 0.220. The van der Waals surface area contributed by atoms with E-state index in [1.54, 1.807) is 10.9 Å². The van der Waals surface area contributed by atoms with Crippen LogP contribution in [0.1, 0.15) is 23.9 Å². The quantitative estimate of drug-likeness (QED) is 0.409. The summed E-state index contributed by atoms with van der Waals surface area (Å²) in [6.07, 6.45) is 2.76. The molecule has 6 rings (SSSR count). The van der Waals surface area contributed by atoms with E-state index < -0.39 is 29.5 Å². The molecule has 2 aliphatic rings. The summed E-state index contributed by atoms with van der Waals surface area (Å²) in [6.45, 7) is 1.12. The maximum Gasteiger partial charge on any atom is 0.306 e. The average molecular weight is 517 g/mol. The Kier molecular flexibility index (Phi) is 5.31. The number of hydrogen-bond donors (Lipinski definition) is 0. The van der Waals surface area contributed by atoms with Gasteiger partial charge in [-0.1, -0.05) is 11.6 Å². The fourth-order valence-electron chi connectivity index (χ4n) is 4.76. The van der Waals surface area contributed by atoms with Crippen LogP contribution in [-0.4, -0.2) is 44.0 Å². The molecule has 1 unspecified atom stereocenters. The Morgan fingerprint density at radius 3 is 2.78 bits per heavy atom. The summed E-state index contributed by atoms with van der Waals surface area (Å²) in [4.78, 5) is 24.1. The third-order valence-corrected chi connectivity index (χ3v) is 6.81. The van der Waals surface area contributed by atoms with E-state index in [1.165, 1.54) is 18.2 Å². The molecule has 2 aliphatic heterocycles. The Morgan fingerprint density at radius 2 is 2.03 bits per heavy atom. The van der Waals surface area contributed by atoms with Gasteiger partial charge in [-0.05, 0) is 24.3 Å². The molecule has 186 valence electrons. The molecule has 0 N–H and O–H groups in total. The number of pyridine rings is 1. The van der Waals surface area contributed by atoms with Crippen molar-refractivity contribution < 1.29 is 17.9 Å². The molecule has 1 aromatic carbocycles. The van der Waals surface area contributed by atoms with E-state index in [2.05, 4.69) is 15.1 Å². The van der Waals surface area contributed by atoms with Crippen molar-refractivity contribution in [3.05, 3.63) is 69.2 Å². The average Bonchev–Trinajstić information content (AvgIpc) is 3.42. The minimum absolute atomic E-state index is 0.00397. The number of aromatic nitrogens is 5. The number of halogens is 4. The number of morpholine rings is 1. The molecule has 0 bridgehead atoms. The maximum absolute atomic E-state index is 15.0. The Hall–Kier alpha value is -3.44. The van der Waals surface area contributed by atoms with Crippen molar-refractivity contribution in [3.63, 3.8) is 0 Å². The largest absolute Gasteiger partial charge is 0.370 e. The van der Waals surface area contributed by atoms with Gasteiger partial charge >= 0.3 is 5.92 Å². The van der Waals surface area contributed by atoms with Gasteiger partial charge in [-0.2, -0.15) is 13.9 Å². The smallest absolute Gasteiger partial charge is 0.306 e. The van der Waals surface area contributed by atoms with Gasteiger partial charge in [0.2, 0.25) is 0 Å². The monoisotopic (exact) mass is 516 g/mol. The lowest BCUT2D eigenvalue weighted by Gasteiger charge is -2.33. The van der Waals surface area contributed by atoms with E-state index in [-0.39, 0.29) is 39.8 Å². The molecule has 0 aliphatic carbocycles. The first-order valence-electron chi connectivity index (χ1n) is 11.4. The van der Waals surface area contributed by atoms with Gasteiger partial charge in [0.05, 0.1) is 18.2 Å². The van der Waals surface area contributed by atoms with Crippen molar-refractivity contribution in [1.29, 1.82) is 0 Å². The zero-order chi connectivity index (χ0) is 25.2. The van der Waals surface area contributed by atoms with Crippen LogP contribution in [0.4, 0.5) is 19.0 Å². The minimum atomic E-state index is -3.26. The van der Waals surface area contributed by atoms with Crippen LogP contribution in [0.5, 0.6) is 0 Å². The molecule has 0 amide bonds. The predicted octanol–water partition coefficient (Wildman–Crippen LogP) is 4.06. The molecule has 3 aromatic heterocycles. The molecule has 0 spiro atoms. The molecule has 0 saturated carbocycles. The molecular formula is C24H20ClF3N6O2. The number of aryl methyl sites for hydroxylation is 1. The SMILES string of the molecule is Cn1cc(C2CN(c3cc4c(=O)n5c(nc4c(-c4ccc(Cl)cc4F)n3)C(F)(F)CC5)CCO2)cn1. The van der Waals surface area contributed by atoms with Gasteiger partial charge in [0.15, 0.2) is 5.82 Å². The predicted molar refractivity (Wildman–Crippen MR) is 127 cm³/mol. The summed E-state index contributed by atoms with van der Waals surface area (Å²) < 4.78 is 52.7. The molecule has 5 heterocycles.